The first kappa shape index (κ1) is 19.7. The van der Waals surface area contributed by atoms with Crippen molar-refractivity contribution in [3.8, 4) is 5.75 Å². The largest absolute Gasteiger partial charge is 0.508 e. The minimum Gasteiger partial charge on any atom is -0.508 e. The van der Waals surface area contributed by atoms with Gasteiger partial charge >= 0.3 is 5.97 Å². The second-order valence-electron chi connectivity index (χ2n) is 6.75. The SMILES string of the molecule is CCOC(=O)CCCn1cc(C(=O)CCc2ccc(O)cc2)c2ccccc21. The Kier molecular flexibility index (Phi) is 6.48. The summed E-state index contributed by atoms with van der Waals surface area (Å²) in [4.78, 5) is 24.4. The molecule has 3 rings (SSSR count). The van der Waals surface area contributed by atoms with Gasteiger partial charge in [-0.25, -0.2) is 0 Å². The van der Waals surface area contributed by atoms with E-state index < -0.39 is 0 Å². The van der Waals surface area contributed by atoms with Crippen molar-refractivity contribution in [1.29, 1.82) is 0 Å². The number of ketones is 1. The monoisotopic (exact) mass is 379 g/mol. The third-order valence-corrected chi connectivity index (χ3v) is 4.75. The molecule has 1 aromatic heterocycles. The van der Waals surface area contributed by atoms with Gasteiger partial charge in [-0.2, -0.15) is 0 Å². The van der Waals surface area contributed by atoms with Crippen LogP contribution in [0.1, 0.15) is 42.1 Å². The van der Waals surface area contributed by atoms with Gasteiger partial charge in [0.05, 0.1) is 6.61 Å². The van der Waals surface area contributed by atoms with E-state index in [0.717, 1.165) is 16.5 Å². The highest BCUT2D eigenvalue weighted by Crippen LogP contribution is 2.24. The Labute approximate surface area is 164 Å². The second-order valence-corrected chi connectivity index (χ2v) is 6.75. The number of hydrogen-bond donors (Lipinski definition) is 1. The number of ether oxygens (including phenoxy) is 1. The lowest BCUT2D eigenvalue weighted by Crippen LogP contribution is -2.06. The van der Waals surface area contributed by atoms with E-state index in [2.05, 4.69) is 0 Å². The van der Waals surface area contributed by atoms with Gasteiger partial charge in [-0.05, 0) is 43.5 Å². The lowest BCUT2D eigenvalue weighted by atomic mass is 10.0. The summed E-state index contributed by atoms with van der Waals surface area (Å²) in [6.45, 7) is 2.85. The molecule has 5 nitrogen and oxygen atoms in total. The number of fused-ring (bicyclic) bond motifs is 1. The van der Waals surface area contributed by atoms with Gasteiger partial charge in [0.1, 0.15) is 5.75 Å². The first-order chi connectivity index (χ1) is 13.6. The zero-order valence-corrected chi connectivity index (χ0v) is 16.1. The third kappa shape index (κ3) is 4.80. The number of aromatic nitrogens is 1. The highest BCUT2D eigenvalue weighted by Gasteiger charge is 2.15. The van der Waals surface area contributed by atoms with Crippen molar-refractivity contribution < 1.29 is 19.4 Å². The van der Waals surface area contributed by atoms with Crippen molar-refractivity contribution in [2.24, 2.45) is 0 Å². The zero-order valence-electron chi connectivity index (χ0n) is 16.1. The van der Waals surface area contributed by atoms with Gasteiger partial charge in [0, 0.05) is 42.0 Å². The molecule has 0 bridgehead atoms. The summed E-state index contributed by atoms with van der Waals surface area (Å²) in [6, 6.07) is 14.8. The van der Waals surface area contributed by atoms with Gasteiger partial charge < -0.3 is 14.4 Å². The normalized spacial score (nSPS) is 10.9. The van der Waals surface area contributed by atoms with Crippen LogP contribution in [-0.2, 0) is 22.5 Å². The Bertz CT molecular complexity index is 956. The lowest BCUT2D eigenvalue weighted by molar-refractivity contribution is -0.143. The average Bonchev–Trinajstić information content (AvgIpc) is 3.06. The smallest absolute Gasteiger partial charge is 0.305 e. The number of aromatic hydroxyl groups is 1. The lowest BCUT2D eigenvalue weighted by Gasteiger charge is -2.05. The summed E-state index contributed by atoms with van der Waals surface area (Å²) in [5.74, 6) is 0.124. The van der Waals surface area contributed by atoms with E-state index in [9.17, 15) is 14.7 Å². The summed E-state index contributed by atoms with van der Waals surface area (Å²) in [6.07, 6.45) is 3.96. The van der Waals surface area contributed by atoms with Gasteiger partial charge in [-0.1, -0.05) is 30.3 Å². The second kappa shape index (κ2) is 9.22. The summed E-state index contributed by atoms with van der Waals surface area (Å²) in [7, 11) is 0. The molecule has 3 aromatic rings. The van der Waals surface area contributed by atoms with E-state index in [1.807, 2.05) is 47.2 Å². The maximum atomic E-state index is 12.8. The molecule has 1 N–H and O–H groups in total. The van der Waals surface area contributed by atoms with Crippen LogP contribution in [0.4, 0.5) is 0 Å². The van der Waals surface area contributed by atoms with Crippen LogP contribution in [0.25, 0.3) is 10.9 Å². The summed E-state index contributed by atoms with van der Waals surface area (Å²) in [5.41, 5.74) is 2.73. The fourth-order valence-corrected chi connectivity index (χ4v) is 3.34. The Morgan fingerprint density at radius 3 is 2.54 bits per heavy atom. The highest BCUT2D eigenvalue weighted by molar-refractivity contribution is 6.08. The summed E-state index contributed by atoms with van der Waals surface area (Å²) < 4.78 is 7.02. The van der Waals surface area contributed by atoms with Gasteiger partial charge in [0.25, 0.3) is 0 Å². The van der Waals surface area contributed by atoms with Crippen LogP contribution in [0, 0.1) is 0 Å². The Hall–Kier alpha value is -3.08. The third-order valence-electron chi connectivity index (χ3n) is 4.75. The molecule has 0 spiro atoms. The number of phenols is 1. The molecule has 0 aliphatic carbocycles. The molecule has 0 amide bonds. The van der Waals surface area contributed by atoms with Crippen molar-refractivity contribution in [2.45, 2.75) is 39.2 Å². The molecule has 0 atom stereocenters. The zero-order chi connectivity index (χ0) is 19.9. The molecule has 0 radical (unpaired) electrons. The predicted octanol–water partition coefficient (Wildman–Crippen LogP) is 4.51. The maximum absolute atomic E-state index is 12.8. The minimum absolute atomic E-state index is 0.0911. The summed E-state index contributed by atoms with van der Waals surface area (Å²) >= 11 is 0. The highest BCUT2D eigenvalue weighted by atomic mass is 16.5. The number of carbonyl (C=O) groups is 2. The molecule has 0 fully saturated rings. The number of phenolic OH excluding ortho intramolecular Hbond substituents is 1. The molecule has 0 saturated carbocycles. The number of para-hydroxylation sites is 1. The molecule has 0 aliphatic rings. The molecule has 146 valence electrons. The van der Waals surface area contributed by atoms with Crippen LogP contribution in [0.15, 0.2) is 54.7 Å². The summed E-state index contributed by atoms with van der Waals surface area (Å²) in [5, 5.41) is 10.3. The first-order valence-corrected chi connectivity index (χ1v) is 9.63. The van der Waals surface area contributed by atoms with Crippen molar-refractivity contribution in [2.75, 3.05) is 6.61 Å². The number of hydrogen-bond acceptors (Lipinski definition) is 4. The average molecular weight is 379 g/mol. The van der Waals surface area contributed by atoms with Gasteiger partial charge in [0.15, 0.2) is 5.78 Å². The van der Waals surface area contributed by atoms with Crippen LogP contribution < -0.4 is 0 Å². The van der Waals surface area contributed by atoms with E-state index in [1.165, 1.54) is 0 Å². The van der Waals surface area contributed by atoms with Crippen LogP contribution in [0.3, 0.4) is 0 Å². The molecule has 0 aliphatic heterocycles. The quantitative estimate of drug-likeness (QED) is 0.439. The molecule has 5 heteroatoms. The molecule has 0 saturated heterocycles. The van der Waals surface area contributed by atoms with E-state index >= 15 is 0 Å². The number of esters is 1. The predicted molar refractivity (Wildman–Crippen MR) is 109 cm³/mol. The van der Waals surface area contributed by atoms with E-state index in [0.29, 0.717) is 44.4 Å². The molecular formula is C23H25NO4. The molecule has 28 heavy (non-hydrogen) atoms. The van der Waals surface area contributed by atoms with Crippen molar-refractivity contribution in [3.05, 3.63) is 65.9 Å². The van der Waals surface area contributed by atoms with Crippen molar-refractivity contribution in [1.82, 2.24) is 4.57 Å². The van der Waals surface area contributed by atoms with Gasteiger partial charge in [-0.3, -0.25) is 9.59 Å². The van der Waals surface area contributed by atoms with Gasteiger partial charge in [0.2, 0.25) is 0 Å². The molecule has 0 unspecified atom stereocenters. The van der Waals surface area contributed by atoms with Crippen LogP contribution >= 0.6 is 0 Å². The Morgan fingerprint density at radius 2 is 1.79 bits per heavy atom. The number of Topliss-reactive ketones (excluding diaryl/α,β-unsaturated/α-hetero) is 1. The molecule has 1 heterocycles. The Balaban J connectivity index is 1.71. The Morgan fingerprint density at radius 1 is 1.04 bits per heavy atom. The number of nitrogens with zero attached hydrogens (tertiary/aromatic N) is 1. The first-order valence-electron chi connectivity index (χ1n) is 9.63. The van der Waals surface area contributed by atoms with E-state index in [-0.39, 0.29) is 17.5 Å². The minimum atomic E-state index is -0.191. The standard InChI is InChI=1S/C23H25NO4/c1-2-28-23(27)8-5-15-24-16-20(19-6-3-4-7-21(19)24)22(26)14-11-17-9-12-18(25)13-10-17/h3-4,6-7,9-10,12-13,16,25H,2,5,8,11,14-15H2,1H3. The maximum Gasteiger partial charge on any atom is 0.305 e. The number of carbonyl (C=O) groups excluding carboxylic acids is 2. The fraction of sp³-hybridized carbons (Fsp3) is 0.304. The van der Waals surface area contributed by atoms with Crippen LogP contribution in [0.2, 0.25) is 0 Å². The number of rotatable bonds is 9. The number of aryl methyl sites for hydroxylation is 2. The van der Waals surface area contributed by atoms with Crippen molar-refractivity contribution in [3.63, 3.8) is 0 Å². The van der Waals surface area contributed by atoms with Crippen LogP contribution in [-0.4, -0.2) is 28.0 Å². The fourth-order valence-electron chi connectivity index (χ4n) is 3.34. The van der Waals surface area contributed by atoms with Crippen molar-refractivity contribution >= 4 is 22.7 Å². The molecular weight excluding hydrogens is 354 g/mol. The van der Waals surface area contributed by atoms with E-state index in [1.54, 1.807) is 19.1 Å². The van der Waals surface area contributed by atoms with Gasteiger partial charge in [-0.15, -0.1) is 0 Å². The number of benzene rings is 2. The van der Waals surface area contributed by atoms with Crippen LogP contribution in [0.5, 0.6) is 5.75 Å². The molecule has 2 aromatic carbocycles. The topological polar surface area (TPSA) is 68.5 Å². The van der Waals surface area contributed by atoms with E-state index in [4.69, 9.17) is 4.74 Å².